The Hall–Kier alpha value is 1.74. The Morgan fingerprint density at radius 1 is 1.50 bits per heavy atom. The van der Waals surface area contributed by atoms with Crippen LogP contribution in [-0.2, 0) is 0 Å². The predicted octanol–water partition coefficient (Wildman–Crippen LogP) is 2.48. The number of hydrogen-bond acceptors (Lipinski definition) is 1. The van der Waals surface area contributed by atoms with Gasteiger partial charge in [0.05, 0.1) is 0 Å². The van der Waals surface area contributed by atoms with E-state index < -0.39 is 0 Å². The zero-order valence-corrected chi connectivity index (χ0v) is 8.69. The first-order chi connectivity index (χ1) is 2.41. The van der Waals surface area contributed by atoms with Gasteiger partial charge in [0.1, 0.15) is 0 Å². The number of rotatable bonds is 2. The Bertz CT molecular complexity index is 19.0. The topological polar surface area (TPSA) is 0 Å². The SMILES string of the molecule is BrCCSBr.P. The van der Waals surface area contributed by atoms with Gasteiger partial charge in [-0.2, -0.15) is 9.90 Å². The van der Waals surface area contributed by atoms with Crippen molar-refractivity contribution >= 4 is 50.8 Å². The second kappa shape index (κ2) is 9.88. The third-order valence-electron chi connectivity index (χ3n) is 0.154. The van der Waals surface area contributed by atoms with Crippen LogP contribution < -0.4 is 0 Å². The summed E-state index contributed by atoms with van der Waals surface area (Å²) in [5.41, 5.74) is 0. The van der Waals surface area contributed by atoms with Gasteiger partial charge in [-0.3, -0.25) is 0 Å². The highest BCUT2D eigenvalue weighted by atomic mass is 79.9. The zero-order valence-electron chi connectivity index (χ0n) is 3.29. The number of halogens is 2. The first-order valence-electron chi connectivity index (χ1n) is 1.21. The maximum Gasteiger partial charge on any atom is 0.0140 e. The molecule has 0 amide bonds. The van der Waals surface area contributed by atoms with E-state index in [2.05, 4.69) is 30.7 Å². The van der Waals surface area contributed by atoms with Crippen molar-refractivity contribution in [3.8, 4) is 0 Å². The number of hydrogen-bond donors (Lipinski definition) is 0. The summed E-state index contributed by atoms with van der Waals surface area (Å²) in [5.74, 6) is 1.14. The van der Waals surface area contributed by atoms with E-state index in [1.807, 2.05) is 0 Å². The molecule has 0 aromatic rings. The van der Waals surface area contributed by atoms with Gasteiger partial charge >= 0.3 is 0 Å². The Morgan fingerprint density at radius 2 is 2.00 bits per heavy atom. The normalized spacial score (nSPS) is 7.00. The molecule has 0 saturated heterocycles. The highest BCUT2D eigenvalue weighted by molar-refractivity contribution is 9.50. The largest absolute Gasteiger partial charge is 0.153 e. The van der Waals surface area contributed by atoms with Gasteiger partial charge in [0.2, 0.25) is 0 Å². The van der Waals surface area contributed by atoms with Crippen LogP contribution in [0, 0.1) is 0 Å². The molecule has 0 radical (unpaired) electrons. The van der Waals surface area contributed by atoms with Crippen molar-refractivity contribution in [2.45, 2.75) is 0 Å². The molecule has 0 aliphatic carbocycles. The van der Waals surface area contributed by atoms with Crippen molar-refractivity contribution < 1.29 is 0 Å². The lowest BCUT2D eigenvalue weighted by molar-refractivity contribution is 1.60. The van der Waals surface area contributed by atoms with Crippen molar-refractivity contribution in [1.82, 2.24) is 0 Å². The molecular formula is C2H7Br2PS. The highest BCUT2D eigenvalue weighted by Crippen LogP contribution is 2.08. The lowest BCUT2D eigenvalue weighted by Crippen LogP contribution is -1.66. The Labute approximate surface area is 61.8 Å². The smallest absolute Gasteiger partial charge is 0.0140 e. The molecule has 0 rings (SSSR count). The molecule has 0 nitrogen and oxygen atoms in total. The van der Waals surface area contributed by atoms with Crippen molar-refractivity contribution in [3.63, 3.8) is 0 Å². The minimum absolute atomic E-state index is 0. The predicted molar refractivity (Wildman–Crippen MR) is 46.3 cm³/mol. The van der Waals surface area contributed by atoms with Crippen LogP contribution in [0.2, 0.25) is 0 Å². The van der Waals surface area contributed by atoms with Gasteiger partial charge in [-0.05, 0) is 14.8 Å². The Balaban J connectivity index is 0. The maximum atomic E-state index is 3.26. The van der Waals surface area contributed by atoms with E-state index >= 15 is 0 Å². The molecule has 4 heteroatoms. The van der Waals surface area contributed by atoms with E-state index in [-0.39, 0.29) is 9.90 Å². The third-order valence-corrected chi connectivity index (χ3v) is 2.41. The van der Waals surface area contributed by atoms with E-state index in [1.165, 1.54) is 0 Å². The molecule has 40 valence electrons. The second-order valence-electron chi connectivity index (χ2n) is 0.502. The molecular weight excluding hydrogens is 247 g/mol. The van der Waals surface area contributed by atoms with Gasteiger partial charge in [-0.25, -0.2) is 0 Å². The summed E-state index contributed by atoms with van der Waals surface area (Å²) in [6.07, 6.45) is 0. The van der Waals surface area contributed by atoms with Crippen LogP contribution in [-0.4, -0.2) is 11.1 Å². The lowest BCUT2D eigenvalue weighted by atomic mass is 11.0. The van der Waals surface area contributed by atoms with Crippen molar-refractivity contribution in [2.75, 3.05) is 11.1 Å². The van der Waals surface area contributed by atoms with Crippen molar-refractivity contribution in [2.24, 2.45) is 0 Å². The summed E-state index contributed by atoms with van der Waals surface area (Å²) in [5, 5.41) is 1.07. The quantitative estimate of drug-likeness (QED) is 0.538. The van der Waals surface area contributed by atoms with Gasteiger partial charge < -0.3 is 0 Å². The van der Waals surface area contributed by atoms with Crippen LogP contribution >= 0.6 is 50.8 Å². The van der Waals surface area contributed by atoms with E-state index in [1.54, 1.807) is 10.2 Å². The fourth-order valence-electron chi connectivity index (χ4n) is 0.0292. The van der Waals surface area contributed by atoms with Crippen LogP contribution in [0.4, 0.5) is 0 Å². The molecule has 0 aliphatic heterocycles. The molecule has 0 aromatic carbocycles. The molecule has 0 N–H and O–H groups in total. The molecule has 0 aliphatic rings. The number of alkyl halides is 1. The first kappa shape index (κ1) is 10.7. The molecule has 0 spiro atoms. The molecule has 6 heavy (non-hydrogen) atoms. The molecule has 0 saturated carbocycles. The van der Waals surface area contributed by atoms with Crippen molar-refractivity contribution in [1.29, 1.82) is 0 Å². The molecule has 0 fully saturated rings. The van der Waals surface area contributed by atoms with E-state index in [0.717, 1.165) is 11.1 Å². The van der Waals surface area contributed by atoms with E-state index in [9.17, 15) is 0 Å². The Kier molecular flexibility index (Phi) is 17.6. The Morgan fingerprint density at radius 3 is 2.00 bits per heavy atom. The molecule has 0 aromatic heterocycles. The van der Waals surface area contributed by atoms with Gasteiger partial charge in [-0.1, -0.05) is 26.1 Å². The highest BCUT2D eigenvalue weighted by Gasteiger charge is 1.71. The minimum atomic E-state index is 0. The van der Waals surface area contributed by atoms with Crippen LogP contribution in [0.25, 0.3) is 0 Å². The fraction of sp³-hybridized carbons (Fsp3) is 1.00. The summed E-state index contributed by atoms with van der Waals surface area (Å²) >= 11 is 6.45. The second-order valence-corrected chi connectivity index (χ2v) is 3.30. The third kappa shape index (κ3) is 9.22. The van der Waals surface area contributed by atoms with Crippen LogP contribution in [0.3, 0.4) is 0 Å². The summed E-state index contributed by atoms with van der Waals surface area (Å²) in [7, 11) is 1.67. The van der Waals surface area contributed by atoms with Crippen molar-refractivity contribution in [3.05, 3.63) is 0 Å². The van der Waals surface area contributed by atoms with Gasteiger partial charge in [0.25, 0.3) is 0 Å². The van der Waals surface area contributed by atoms with Crippen LogP contribution in [0.1, 0.15) is 0 Å². The average molecular weight is 254 g/mol. The standard InChI is InChI=1S/C2H4Br2S.H3P/c3-1-2-5-4;/h1-2H2;1H3. The van der Waals surface area contributed by atoms with Gasteiger partial charge in [0, 0.05) is 11.1 Å². The summed E-state index contributed by atoms with van der Waals surface area (Å²) in [4.78, 5) is 0. The monoisotopic (exact) mass is 252 g/mol. The molecule has 0 heterocycles. The maximum absolute atomic E-state index is 3.26. The lowest BCUT2D eigenvalue weighted by Gasteiger charge is -1.75. The van der Waals surface area contributed by atoms with Crippen LogP contribution in [0.15, 0.2) is 0 Å². The first-order valence-corrected chi connectivity index (χ1v) is 5.16. The summed E-state index contributed by atoms with van der Waals surface area (Å²) in [6, 6.07) is 0. The van der Waals surface area contributed by atoms with E-state index in [0.29, 0.717) is 0 Å². The minimum Gasteiger partial charge on any atom is -0.153 e. The molecule has 0 bridgehead atoms. The van der Waals surface area contributed by atoms with Gasteiger partial charge in [0.15, 0.2) is 0 Å². The fourth-order valence-corrected chi connectivity index (χ4v) is 2.36. The van der Waals surface area contributed by atoms with E-state index in [4.69, 9.17) is 0 Å². The summed E-state index contributed by atoms with van der Waals surface area (Å²) in [6.45, 7) is 0. The molecule has 1 atom stereocenters. The summed E-state index contributed by atoms with van der Waals surface area (Å²) < 4.78 is 0. The molecule has 1 unspecified atom stereocenters. The van der Waals surface area contributed by atoms with Gasteiger partial charge in [-0.15, -0.1) is 0 Å². The zero-order chi connectivity index (χ0) is 4.12. The van der Waals surface area contributed by atoms with Crippen LogP contribution in [0.5, 0.6) is 0 Å². The average Bonchev–Trinajstić information content (AvgIpc) is 1.41.